The third-order valence-corrected chi connectivity index (χ3v) is 6.71. The second-order valence-electron chi connectivity index (χ2n) is 8.25. The first-order valence-corrected chi connectivity index (χ1v) is 9.98. The Morgan fingerprint density at radius 2 is 1.86 bits per heavy atom. The third kappa shape index (κ3) is 3.00. The van der Waals surface area contributed by atoms with Crippen LogP contribution in [0.5, 0.6) is 0 Å². The zero-order valence-electron chi connectivity index (χ0n) is 15.6. The van der Waals surface area contributed by atoms with Crippen molar-refractivity contribution in [2.24, 2.45) is 5.92 Å². The first-order valence-electron chi connectivity index (χ1n) is 9.98. The number of piperidine rings is 3. The van der Waals surface area contributed by atoms with Crippen molar-refractivity contribution < 1.29 is 13.6 Å². The Balaban J connectivity index is 1.47. The molecule has 0 radical (unpaired) electrons. The molecular formula is C22H23F2N3O. The van der Waals surface area contributed by atoms with Crippen LogP contribution in [-0.2, 0) is 11.2 Å². The molecule has 2 aromatic rings. The highest BCUT2D eigenvalue weighted by atomic mass is 19.1. The summed E-state index contributed by atoms with van der Waals surface area (Å²) in [5.41, 5.74) is 1.56. The lowest BCUT2D eigenvalue weighted by molar-refractivity contribution is -0.135. The Hall–Kier alpha value is -2.34. The van der Waals surface area contributed by atoms with Crippen LogP contribution in [-0.4, -0.2) is 52.4 Å². The van der Waals surface area contributed by atoms with Gasteiger partial charge < -0.3 is 4.90 Å². The molecule has 0 unspecified atom stereocenters. The van der Waals surface area contributed by atoms with E-state index in [1.807, 2.05) is 17.0 Å². The number of carbonyl (C=O) groups is 1. The molecule has 1 amide bonds. The number of aromatic nitrogens is 1. The molecule has 4 nitrogen and oxygen atoms in total. The fourth-order valence-corrected chi connectivity index (χ4v) is 5.57. The SMILES string of the molecule is O=C(Cc1cccnc1)N1C[C@@H](c2cc(F)cc(F)c2)[C@@H]2[C@H]1C1CCN2CC1. The highest BCUT2D eigenvalue weighted by Gasteiger charge is 2.54. The van der Waals surface area contributed by atoms with Gasteiger partial charge in [-0.25, -0.2) is 8.78 Å². The minimum Gasteiger partial charge on any atom is -0.337 e. The lowest BCUT2D eigenvalue weighted by atomic mass is 9.75. The van der Waals surface area contributed by atoms with Crippen LogP contribution in [0.25, 0.3) is 0 Å². The van der Waals surface area contributed by atoms with Crippen LogP contribution in [0.1, 0.15) is 29.9 Å². The molecule has 146 valence electrons. The van der Waals surface area contributed by atoms with Crippen LogP contribution in [0.3, 0.4) is 0 Å². The molecule has 4 saturated heterocycles. The second-order valence-corrected chi connectivity index (χ2v) is 8.25. The van der Waals surface area contributed by atoms with Gasteiger partial charge in [0.2, 0.25) is 5.91 Å². The van der Waals surface area contributed by atoms with Crippen molar-refractivity contribution in [3.8, 4) is 0 Å². The lowest BCUT2D eigenvalue weighted by Crippen LogP contribution is -2.60. The Morgan fingerprint density at radius 1 is 1.11 bits per heavy atom. The number of nitrogens with zero attached hydrogens (tertiary/aromatic N) is 3. The van der Waals surface area contributed by atoms with Gasteiger partial charge in [-0.15, -0.1) is 0 Å². The standard InChI is InChI=1S/C22H23F2N3O/c23-17-9-16(10-18(24)11-17)19-13-27(20(28)8-14-2-1-5-25-12-14)21-15-3-6-26(7-4-15)22(19)21/h1-2,5,9-12,15,19,21-22H,3-4,6-8,13H2/t19-,21+,22+/m0/s1. The third-order valence-electron chi connectivity index (χ3n) is 6.71. The maximum Gasteiger partial charge on any atom is 0.227 e. The number of fused-ring (bicyclic) bond motifs is 2. The number of hydrogen-bond acceptors (Lipinski definition) is 3. The maximum atomic E-state index is 13.9. The van der Waals surface area contributed by atoms with Crippen molar-refractivity contribution in [1.82, 2.24) is 14.8 Å². The summed E-state index contributed by atoms with van der Waals surface area (Å²) in [5.74, 6) is -0.617. The van der Waals surface area contributed by atoms with Gasteiger partial charge in [0.05, 0.1) is 12.5 Å². The van der Waals surface area contributed by atoms with Crippen molar-refractivity contribution in [1.29, 1.82) is 0 Å². The van der Waals surface area contributed by atoms with Crippen LogP contribution in [0, 0.1) is 17.6 Å². The van der Waals surface area contributed by atoms with E-state index in [9.17, 15) is 13.6 Å². The predicted octanol–water partition coefficient (Wildman–Crippen LogP) is 2.99. The Bertz CT molecular complexity index is 862. The van der Waals surface area contributed by atoms with Crippen LogP contribution in [0.4, 0.5) is 8.78 Å². The molecule has 0 N–H and O–H groups in total. The van der Waals surface area contributed by atoms with Crippen LogP contribution in [0.2, 0.25) is 0 Å². The number of hydrogen-bond donors (Lipinski definition) is 0. The number of halogens is 2. The number of carbonyl (C=O) groups excluding carboxylic acids is 1. The molecule has 0 saturated carbocycles. The average Bonchev–Trinajstić information content (AvgIpc) is 3.12. The minimum atomic E-state index is -0.553. The average molecular weight is 383 g/mol. The summed E-state index contributed by atoms with van der Waals surface area (Å²) in [4.78, 5) is 21.7. The number of rotatable bonds is 3. The monoisotopic (exact) mass is 383 g/mol. The van der Waals surface area contributed by atoms with Gasteiger partial charge in [0.25, 0.3) is 0 Å². The normalized spacial score (nSPS) is 31.1. The number of amides is 1. The van der Waals surface area contributed by atoms with E-state index in [-0.39, 0.29) is 23.9 Å². The molecule has 6 heteroatoms. The van der Waals surface area contributed by atoms with E-state index < -0.39 is 11.6 Å². The summed E-state index contributed by atoms with van der Waals surface area (Å²) in [6.07, 6.45) is 5.90. The van der Waals surface area contributed by atoms with Crippen molar-refractivity contribution in [3.63, 3.8) is 0 Å². The molecule has 0 aliphatic carbocycles. The molecule has 5 heterocycles. The Kier molecular flexibility index (Phi) is 4.38. The quantitative estimate of drug-likeness (QED) is 0.818. The minimum absolute atomic E-state index is 0.0591. The molecule has 2 bridgehead atoms. The predicted molar refractivity (Wildman–Crippen MR) is 101 cm³/mol. The summed E-state index contributed by atoms with van der Waals surface area (Å²) in [6.45, 7) is 2.53. The molecular weight excluding hydrogens is 360 g/mol. The smallest absolute Gasteiger partial charge is 0.227 e. The van der Waals surface area contributed by atoms with Crippen molar-refractivity contribution in [2.75, 3.05) is 19.6 Å². The maximum absolute atomic E-state index is 13.9. The molecule has 4 aliphatic rings. The van der Waals surface area contributed by atoms with E-state index in [2.05, 4.69) is 9.88 Å². The summed E-state index contributed by atoms with van der Waals surface area (Å²) in [6, 6.07) is 7.80. The lowest BCUT2D eigenvalue weighted by Gasteiger charge is -2.51. The van der Waals surface area contributed by atoms with Gasteiger partial charge in [0.15, 0.2) is 0 Å². The van der Waals surface area contributed by atoms with Gasteiger partial charge in [0, 0.05) is 37.0 Å². The number of pyridine rings is 1. The summed E-state index contributed by atoms with van der Waals surface area (Å²) in [5, 5.41) is 0. The largest absolute Gasteiger partial charge is 0.337 e. The highest BCUT2D eigenvalue weighted by Crippen LogP contribution is 2.46. The summed E-state index contributed by atoms with van der Waals surface area (Å²) >= 11 is 0. The number of likely N-dealkylation sites (tertiary alicyclic amines) is 1. The van der Waals surface area contributed by atoms with Gasteiger partial charge in [-0.05, 0) is 61.2 Å². The van der Waals surface area contributed by atoms with Crippen molar-refractivity contribution in [3.05, 3.63) is 65.5 Å². The van der Waals surface area contributed by atoms with Crippen LogP contribution in [0.15, 0.2) is 42.7 Å². The van der Waals surface area contributed by atoms with Crippen LogP contribution >= 0.6 is 0 Å². The zero-order valence-corrected chi connectivity index (χ0v) is 15.6. The summed E-state index contributed by atoms with van der Waals surface area (Å²) < 4.78 is 27.8. The molecule has 6 rings (SSSR count). The fraction of sp³-hybridized carbons (Fsp3) is 0.455. The van der Waals surface area contributed by atoms with E-state index in [0.717, 1.165) is 37.6 Å². The molecule has 4 fully saturated rings. The second kappa shape index (κ2) is 6.92. The van der Waals surface area contributed by atoms with Gasteiger partial charge in [-0.3, -0.25) is 14.7 Å². The fourth-order valence-electron chi connectivity index (χ4n) is 5.57. The van der Waals surface area contributed by atoms with Gasteiger partial charge in [-0.1, -0.05) is 6.07 Å². The highest BCUT2D eigenvalue weighted by molar-refractivity contribution is 5.79. The van der Waals surface area contributed by atoms with E-state index in [1.165, 1.54) is 12.1 Å². The summed E-state index contributed by atoms with van der Waals surface area (Å²) in [7, 11) is 0. The van der Waals surface area contributed by atoms with Gasteiger partial charge in [0.1, 0.15) is 11.6 Å². The van der Waals surface area contributed by atoms with E-state index >= 15 is 0 Å². The van der Waals surface area contributed by atoms with E-state index in [4.69, 9.17) is 0 Å². The molecule has 3 atom stereocenters. The van der Waals surface area contributed by atoms with Crippen molar-refractivity contribution >= 4 is 5.91 Å². The molecule has 4 aliphatic heterocycles. The molecule has 28 heavy (non-hydrogen) atoms. The first kappa shape index (κ1) is 17.7. The Morgan fingerprint density at radius 3 is 2.54 bits per heavy atom. The zero-order chi connectivity index (χ0) is 19.3. The molecule has 0 spiro atoms. The van der Waals surface area contributed by atoms with Crippen molar-refractivity contribution in [2.45, 2.75) is 37.3 Å². The molecule has 1 aromatic heterocycles. The Labute approximate surface area is 163 Å². The molecule has 1 aromatic carbocycles. The first-order chi connectivity index (χ1) is 13.6. The van der Waals surface area contributed by atoms with Gasteiger partial charge >= 0.3 is 0 Å². The van der Waals surface area contributed by atoms with Gasteiger partial charge in [-0.2, -0.15) is 0 Å². The number of benzene rings is 1. The topological polar surface area (TPSA) is 36.4 Å². The van der Waals surface area contributed by atoms with Crippen LogP contribution < -0.4 is 0 Å². The van der Waals surface area contributed by atoms with E-state index in [1.54, 1.807) is 12.4 Å². The van der Waals surface area contributed by atoms with E-state index in [0.29, 0.717) is 24.4 Å².